The maximum atomic E-state index is 13.6. The SMILES string of the molecule is Cc1cc2cnn(C3CCCCO3)c2cc1F.O=C([O-])[O-].[Cs+].[Cs+]. The van der Waals surface area contributed by atoms with E-state index >= 15 is 0 Å². The van der Waals surface area contributed by atoms with Crippen LogP contribution < -0.4 is 148 Å². The normalized spacial score (nSPS) is 16.5. The van der Waals surface area contributed by atoms with Gasteiger partial charge in [-0.3, -0.25) is 0 Å². The van der Waals surface area contributed by atoms with E-state index in [9.17, 15) is 4.39 Å². The molecule has 0 radical (unpaired) electrons. The van der Waals surface area contributed by atoms with Gasteiger partial charge in [0.1, 0.15) is 5.82 Å². The number of halogens is 1. The van der Waals surface area contributed by atoms with Gasteiger partial charge in [-0.1, -0.05) is 0 Å². The molecule has 0 N–H and O–H groups in total. The molecule has 3 rings (SSSR count). The molecular formula is C14H15Cs2FN2O4. The zero-order valence-corrected chi connectivity index (χ0v) is 26.1. The summed E-state index contributed by atoms with van der Waals surface area (Å²) in [5, 5.41) is 22.0. The van der Waals surface area contributed by atoms with Crippen LogP contribution in [0.15, 0.2) is 18.3 Å². The van der Waals surface area contributed by atoms with Crippen LogP contribution in [-0.4, -0.2) is 22.5 Å². The first-order valence-corrected chi connectivity index (χ1v) is 6.62. The number of benzene rings is 1. The summed E-state index contributed by atoms with van der Waals surface area (Å²) in [6, 6.07) is 3.38. The Kier molecular flexibility index (Phi) is 13.4. The Morgan fingerprint density at radius 1 is 1.35 bits per heavy atom. The first kappa shape index (κ1) is 25.0. The molecule has 6 nitrogen and oxygen atoms in total. The number of aryl methyl sites for hydroxylation is 1. The van der Waals surface area contributed by atoms with Crippen molar-refractivity contribution in [3.8, 4) is 0 Å². The van der Waals surface area contributed by atoms with Gasteiger partial charge in [0.15, 0.2) is 6.23 Å². The number of aromatic nitrogens is 2. The molecule has 1 saturated heterocycles. The molecule has 23 heavy (non-hydrogen) atoms. The molecule has 1 aromatic heterocycles. The third-order valence-corrected chi connectivity index (χ3v) is 3.30. The van der Waals surface area contributed by atoms with Crippen molar-refractivity contribution in [1.82, 2.24) is 9.78 Å². The van der Waals surface area contributed by atoms with E-state index in [4.69, 9.17) is 19.7 Å². The Bertz CT molecular complexity index is 641. The van der Waals surface area contributed by atoms with Crippen LogP contribution >= 0.6 is 0 Å². The van der Waals surface area contributed by atoms with E-state index in [0.717, 1.165) is 36.8 Å². The topological polar surface area (TPSA) is 90.2 Å². The molecule has 0 amide bonds. The van der Waals surface area contributed by atoms with E-state index < -0.39 is 6.16 Å². The van der Waals surface area contributed by atoms with Crippen LogP contribution in [-0.2, 0) is 4.74 Å². The molecule has 1 aliphatic rings. The Labute approximate surface area is 251 Å². The van der Waals surface area contributed by atoms with E-state index in [0.29, 0.717) is 5.56 Å². The van der Waals surface area contributed by atoms with Crippen molar-refractivity contribution >= 4 is 17.1 Å². The molecule has 1 unspecified atom stereocenters. The summed E-state index contributed by atoms with van der Waals surface area (Å²) in [7, 11) is 0. The molecule has 114 valence electrons. The number of carboxylic acid groups (broad SMARTS) is 2. The fourth-order valence-electron chi connectivity index (χ4n) is 2.33. The van der Waals surface area contributed by atoms with E-state index in [1.807, 2.05) is 6.07 Å². The second-order valence-electron chi connectivity index (χ2n) is 4.82. The molecule has 1 atom stereocenters. The van der Waals surface area contributed by atoms with Crippen LogP contribution in [0.25, 0.3) is 10.9 Å². The van der Waals surface area contributed by atoms with Gasteiger partial charge in [0.05, 0.1) is 11.7 Å². The predicted molar refractivity (Wildman–Crippen MR) is 68.7 cm³/mol. The molecule has 1 aliphatic heterocycles. The summed E-state index contributed by atoms with van der Waals surface area (Å²) in [5.41, 5.74) is 1.47. The Hall–Kier alpha value is 1.95. The monoisotopic (exact) mass is 560 g/mol. The van der Waals surface area contributed by atoms with Crippen molar-refractivity contribution in [2.75, 3.05) is 6.61 Å². The minimum absolute atomic E-state index is 0. The third-order valence-electron chi connectivity index (χ3n) is 3.30. The van der Waals surface area contributed by atoms with Gasteiger partial charge in [0.2, 0.25) is 0 Å². The van der Waals surface area contributed by atoms with E-state index in [2.05, 4.69) is 5.10 Å². The van der Waals surface area contributed by atoms with Crippen LogP contribution in [0, 0.1) is 12.7 Å². The molecular weight excluding hydrogens is 545 g/mol. The number of carbonyl (C=O) groups excluding carboxylic acids is 1. The van der Waals surface area contributed by atoms with Crippen molar-refractivity contribution in [2.45, 2.75) is 32.4 Å². The van der Waals surface area contributed by atoms with Crippen LogP contribution in [0.2, 0.25) is 0 Å². The summed E-state index contributed by atoms with van der Waals surface area (Å²) in [6.45, 7) is 2.53. The second-order valence-corrected chi connectivity index (χ2v) is 4.82. The number of hydrogen-bond donors (Lipinski definition) is 0. The van der Waals surface area contributed by atoms with Gasteiger partial charge >= 0.3 is 138 Å². The minimum Gasteiger partial charge on any atom is -0.652 e. The van der Waals surface area contributed by atoms with Gasteiger partial charge in [-0.25, -0.2) is 9.07 Å². The number of fused-ring (bicyclic) bond motifs is 1. The van der Waals surface area contributed by atoms with Crippen molar-refractivity contribution < 1.29 is 162 Å². The van der Waals surface area contributed by atoms with Gasteiger partial charge in [0, 0.05) is 18.1 Å². The fourth-order valence-corrected chi connectivity index (χ4v) is 2.33. The molecule has 0 aliphatic carbocycles. The number of rotatable bonds is 1. The van der Waals surface area contributed by atoms with Gasteiger partial charge in [-0.15, -0.1) is 0 Å². The zero-order valence-electron chi connectivity index (χ0n) is 13.5. The van der Waals surface area contributed by atoms with Crippen LogP contribution in [0.4, 0.5) is 9.18 Å². The zero-order chi connectivity index (χ0) is 15.4. The first-order valence-electron chi connectivity index (χ1n) is 6.62. The Balaban J connectivity index is 0.000000731. The molecule has 2 aromatic rings. The van der Waals surface area contributed by atoms with E-state index in [1.165, 1.54) is 0 Å². The number of ether oxygens (including phenoxy) is 1. The van der Waals surface area contributed by atoms with Gasteiger partial charge in [-0.05, 0) is 44.0 Å². The summed E-state index contributed by atoms with van der Waals surface area (Å²) in [4.78, 5) is 8.33. The van der Waals surface area contributed by atoms with Crippen molar-refractivity contribution in [2.24, 2.45) is 0 Å². The fraction of sp³-hybridized carbons (Fsp3) is 0.429. The first-order chi connectivity index (χ1) is 9.99. The molecule has 0 spiro atoms. The second kappa shape index (κ2) is 12.4. The van der Waals surface area contributed by atoms with Crippen LogP contribution in [0.1, 0.15) is 31.1 Å². The van der Waals surface area contributed by atoms with Crippen molar-refractivity contribution in [3.63, 3.8) is 0 Å². The van der Waals surface area contributed by atoms with E-state index in [1.54, 1.807) is 23.9 Å². The number of hydrogen-bond acceptors (Lipinski definition) is 5. The van der Waals surface area contributed by atoms with Crippen LogP contribution in [0.3, 0.4) is 0 Å². The minimum atomic E-state index is -2.33. The molecule has 0 saturated carbocycles. The van der Waals surface area contributed by atoms with Crippen molar-refractivity contribution in [3.05, 3.63) is 29.7 Å². The number of carbonyl (C=O) groups is 1. The third kappa shape index (κ3) is 7.61. The molecule has 0 bridgehead atoms. The summed E-state index contributed by atoms with van der Waals surface area (Å²) in [6.07, 6.45) is 2.60. The molecule has 2 heterocycles. The average molecular weight is 560 g/mol. The Morgan fingerprint density at radius 3 is 2.57 bits per heavy atom. The molecule has 1 aromatic carbocycles. The summed E-state index contributed by atoms with van der Waals surface area (Å²) < 4.78 is 21.1. The summed E-state index contributed by atoms with van der Waals surface area (Å²) >= 11 is 0. The summed E-state index contributed by atoms with van der Waals surface area (Å²) in [5.74, 6) is -0.185. The standard InChI is InChI=1S/C13H15FN2O.CH2O3.2Cs/c1-9-6-10-8-15-16(12(10)7-11(9)14)13-4-2-3-5-17-13;2-1(3)4;;/h6-8,13H,2-5H2,1H3;(H2,2,3,4);;/q;;2*+1/p-2. The van der Waals surface area contributed by atoms with Gasteiger partial charge < -0.3 is 19.7 Å². The Morgan fingerprint density at radius 2 is 2.00 bits per heavy atom. The quantitative estimate of drug-likeness (QED) is 0.348. The number of nitrogens with zero attached hydrogens (tertiary/aromatic N) is 2. The van der Waals surface area contributed by atoms with E-state index in [-0.39, 0.29) is 150 Å². The van der Waals surface area contributed by atoms with Gasteiger partial charge in [0.25, 0.3) is 0 Å². The predicted octanol–water partition coefficient (Wildman–Crippen LogP) is -5.26. The molecule has 1 fully saturated rings. The largest absolute Gasteiger partial charge is 1.00 e. The average Bonchev–Trinajstić information content (AvgIpc) is 2.82. The smallest absolute Gasteiger partial charge is 0.652 e. The van der Waals surface area contributed by atoms with Crippen LogP contribution in [0.5, 0.6) is 0 Å². The maximum absolute atomic E-state index is 13.6. The molecule has 9 heteroatoms. The van der Waals surface area contributed by atoms with Crippen molar-refractivity contribution in [1.29, 1.82) is 0 Å². The maximum Gasteiger partial charge on any atom is 1.00 e. The van der Waals surface area contributed by atoms with Gasteiger partial charge in [-0.2, -0.15) is 5.10 Å².